The number of ketones is 1. The lowest BCUT2D eigenvalue weighted by Gasteiger charge is -2.16. The molecule has 31 heavy (non-hydrogen) atoms. The molecule has 0 amide bonds. The highest BCUT2D eigenvalue weighted by Crippen LogP contribution is 2.28. The van der Waals surface area contributed by atoms with E-state index in [1.807, 2.05) is 35.9 Å². The van der Waals surface area contributed by atoms with Crippen molar-refractivity contribution >= 4 is 44.4 Å². The number of hydrogen-bond acceptors (Lipinski definition) is 6. The number of aromatic nitrogens is 1. The number of halogens is 1. The van der Waals surface area contributed by atoms with Crippen LogP contribution in [0.5, 0.6) is 0 Å². The molecule has 8 nitrogen and oxygen atoms in total. The molecule has 1 aromatic carbocycles. The molecule has 0 aliphatic rings. The third-order valence-electron chi connectivity index (χ3n) is 4.96. The molecule has 2 heterocycles. The van der Waals surface area contributed by atoms with Gasteiger partial charge in [0.15, 0.2) is 5.78 Å². The number of benzene rings is 1. The van der Waals surface area contributed by atoms with Crippen molar-refractivity contribution in [2.75, 3.05) is 13.6 Å². The number of nitrogens with zero attached hydrogens (tertiary/aromatic N) is 3. The maximum absolute atomic E-state index is 12.9. The van der Waals surface area contributed by atoms with E-state index in [2.05, 4.69) is 0 Å². The summed E-state index contributed by atoms with van der Waals surface area (Å²) in [6, 6.07) is 8.95. The lowest BCUT2D eigenvalue weighted by Crippen LogP contribution is -2.32. The van der Waals surface area contributed by atoms with Gasteiger partial charge in [0.25, 0.3) is 5.69 Å². The molecule has 0 N–H and O–H groups in total. The molecule has 3 aromatic rings. The summed E-state index contributed by atoms with van der Waals surface area (Å²) in [6.07, 6.45) is 0. The first-order valence-electron chi connectivity index (χ1n) is 9.15. The van der Waals surface area contributed by atoms with Crippen LogP contribution >= 0.6 is 22.9 Å². The van der Waals surface area contributed by atoms with E-state index in [-0.39, 0.29) is 15.7 Å². The van der Waals surface area contributed by atoms with Crippen molar-refractivity contribution in [2.45, 2.75) is 25.3 Å². The molecule has 0 fully saturated rings. The highest BCUT2D eigenvalue weighted by Gasteiger charge is 2.27. The minimum Gasteiger partial charge on any atom is -0.343 e. The van der Waals surface area contributed by atoms with Gasteiger partial charge in [-0.2, -0.15) is 4.31 Å². The van der Waals surface area contributed by atoms with E-state index in [0.29, 0.717) is 12.1 Å². The van der Waals surface area contributed by atoms with Gasteiger partial charge >= 0.3 is 0 Å². The minimum atomic E-state index is -4.13. The molecular formula is C20H20ClN3O5S2. The predicted octanol–water partition coefficient (Wildman–Crippen LogP) is 4.28. The van der Waals surface area contributed by atoms with Crippen molar-refractivity contribution in [2.24, 2.45) is 0 Å². The van der Waals surface area contributed by atoms with E-state index in [0.717, 1.165) is 32.7 Å². The van der Waals surface area contributed by atoms with Gasteiger partial charge in [0.2, 0.25) is 10.0 Å². The van der Waals surface area contributed by atoms with E-state index in [9.17, 15) is 23.3 Å². The van der Waals surface area contributed by atoms with Crippen molar-refractivity contribution < 1.29 is 18.1 Å². The Morgan fingerprint density at radius 3 is 2.58 bits per heavy atom. The zero-order valence-corrected chi connectivity index (χ0v) is 19.4. The van der Waals surface area contributed by atoms with E-state index in [1.165, 1.54) is 13.1 Å². The fourth-order valence-electron chi connectivity index (χ4n) is 3.23. The molecule has 0 unspecified atom stereocenters. The number of carbonyl (C=O) groups is 1. The smallest absolute Gasteiger partial charge is 0.289 e. The third-order valence-corrected chi connectivity index (χ3v) is 7.94. The Morgan fingerprint density at radius 2 is 1.97 bits per heavy atom. The average Bonchev–Trinajstić information content (AvgIpc) is 3.31. The number of nitro groups is 1. The molecule has 0 saturated carbocycles. The number of rotatable bonds is 8. The molecular weight excluding hydrogens is 462 g/mol. The van der Waals surface area contributed by atoms with Crippen LogP contribution in [0.2, 0.25) is 5.02 Å². The van der Waals surface area contributed by atoms with Crippen LogP contribution in [0.3, 0.4) is 0 Å². The second-order valence-electron chi connectivity index (χ2n) is 7.00. The monoisotopic (exact) mass is 481 g/mol. The molecule has 0 radical (unpaired) electrons. The lowest BCUT2D eigenvalue weighted by molar-refractivity contribution is -0.384. The number of likely N-dealkylation sites (N-methyl/N-ethyl adjacent to an activating group) is 1. The van der Waals surface area contributed by atoms with Crippen molar-refractivity contribution in [3.8, 4) is 0 Å². The zero-order valence-electron chi connectivity index (χ0n) is 17.0. The number of carbonyl (C=O) groups excluding carboxylic acids is 1. The van der Waals surface area contributed by atoms with E-state index in [4.69, 9.17) is 11.6 Å². The quantitative estimate of drug-likeness (QED) is 0.271. The van der Waals surface area contributed by atoms with E-state index >= 15 is 0 Å². The fourth-order valence-corrected chi connectivity index (χ4v) is 5.26. The summed E-state index contributed by atoms with van der Waals surface area (Å²) in [5, 5.41) is 12.9. The number of nitro benzene ring substituents is 1. The van der Waals surface area contributed by atoms with E-state index in [1.54, 1.807) is 17.4 Å². The normalized spacial score (nSPS) is 11.8. The SMILES string of the molecule is Cc1cc(C(=O)CN(C)S(=O)(=O)c2ccc(Cl)c([N+](=O)[O-])c2)c(C)n1Cc1cccs1. The number of thiophene rings is 1. The van der Waals surface area contributed by atoms with Gasteiger partial charge in [0, 0.05) is 34.9 Å². The molecule has 0 aliphatic heterocycles. The summed E-state index contributed by atoms with van der Waals surface area (Å²) in [7, 11) is -2.87. The van der Waals surface area contributed by atoms with Gasteiger partial charge in [0.1, 0.15) is 5.02 Å². The Kier molecular flexibility index (Phi) is 6.65. The Hall–Kier alpha value is -2.53. The Bertz CT molecular complexity index is 1250. The van der Waals surface area contributed by atoms with Gasteiger partial charge in [0.05, 0.1) is 22.9 Å². The van der Waals surface area contributed by atoms with Gasteiger partial charge in [-0.1, -0.05) is 17.7 Å². The number of hydrogen-bond donors (Lipinski definition) is 0. The van der Waals surface area contributed by atoms with Crippen LogP contribution in [0.15, 0.2) is 46.7 Å². The predicted molar refractivity (Wildman–Crippen MR) is 120 cm³/mol. The van der Waals surface area contributed by atoms with Crippen LogP contribution in [-0.2, 0) is 16.6 Å². The maximum atomic E-state index is 12.9. The van der Waals surface area contributed by atoms with Gasteiger partial charge in [-0.25, -0.2) is 8.42 Å². The minimum absolute atomic E-state index is 0.166. The number of Topliss-reactive ketones (excluding diaryl/α,β-unsaturated/α-hetero) is 1. The van der Waals surface area contributed by atoms with Crippen molar-refractivity contribution in [3.05, 3.63) is 78.7 Å². The number of aryl methyl sites for hydroxylation is 1. The molecule has 0 atom stereocenters. The Labute approximate surface area is 188 Å². The lowest BCUT2D eigenvalue weighted by atomic mass is 10.1. The van der Waals surface area contributed by atoms with Gasteiger partial charge in [-0.15, -0.1) is 11.3 Å². The second kappa shape index (κ2) is 8.91. The first-order valence-corrected chi connectivity index (χ1v) is 11.8. The fraction of sp³-hybridized carbons (Fsp3) is 0.250. The van der Waals surface area contributed by atoms with Crippen molar-refractivity contribution in [3.63, 3.8) is 0 Å². The molecule has 0 spiro atoms. The second-order valence-corrected chi connectivity index (χ2v) is 10.5. The maximum Gasteiger partial charge on any atom is 0.289 e. The van der Waals surface area contributed by atoms with Crippen LogP contribution in [0.1, 0.15) is 26.6 Å². The standard InChI is InChI=1S/C20H20ClN3O5S2/c1-13-9-17(14(2)23(13)11-15-5-4-8-30-15)20(25)12-22(3)31(28,29)16-6-7-18(21)19(10-16)24(26)27/h4-10H,11-12H2,1-3H3. The van der Waals surface area contributed by atoms with Crippen LogP contribution in [-0.4, -0.2) is 41.6 Å². The molecule has 2 aromatic heterocycles. The average molecular weight is 482 g/mol. The third kappa shape index (κ3) is 4.72. The largest absolute Gasteiger partial charge is 0.343 e. The summed E-state index contributed by atoms with van der Waals surface area (Å²) in [5.41, 5.74) is 1.58. The highest BCUT2D eigenvalue weighted by atomic mass is 35.5. The summed E-state index contributed by atoms with van der Waals surface area (Å²) in [6.45, 7) is 3.95. The van der Waals surface area contributed by atoms with E-state index < -0.39 is 27.2 Å². The molecule has 0 bridgehead atoms. The van der Waals surface area contributed by atoms with Gasteiger partial charge < -0.3 is 4.57 Å². The van der Waals surface area contributed by atoms with Crippen LogP contribution < -0.4 is 0 Å². The summed E-state index contributed by atoms with van der Waals surface area (Å²) in [5.74, 6) is -0.361. The first kappa shape index (κ1) is 23.1. The first-order chi connectivity index (χ1) is 14.5. The van der Waals surface area contributed by atoms with Crippen LogP contribution in [0.25, 0.3) is 0 Å². The molecule has 3 rings (SSSR count). The summed E-state index contributed by atoms with van der Waals surface area (Å²) < 4.78 is 28.6. The van der Waals surface area contributed by atoms with Crippen LogP contribution in [0.4, 0.5) is 5.69 Å². The molecule has 0 aliphatic carbocycles. The van der Waals surface area contributed by atoms with Crippen LogP contribution in [0, 0.1) is 24.0 Å². The Balaban J connectivity index is 1.83. The van der Waals surface area contributed by atoms with Crippen molar-refractivity contribution in [1.29, 1.82) is 0 Å². The topological polar surface area (TPSA) is 103 Å². The molecule has 164 valence electrons. The van der Waals surface area contributed by atoms with Gasteiger partial charge in [-0.3, -0.25) is 14.9 Å². The van der Waals surface area contributed by atoms with Gasteiger partial charge in [-0.05, 0) is 43.5 Å². The Morgan fingerprint density at radius 1 is 1.26 bits per heavy atom. The summed E-state index contributed by atoms with van der Waals surface area (Å²) in [4.78, 5) is 24.1. The summed E-state index contributed by atoms with van der Waals surface area (Å²) >= 11 is 7.38. The highest BCUT2D eigenvalue weighted by molar-refractivity contribution is 7.89. The molecule has 0 saturated heterocycles. The zero-order chi connectivity index (χ0) is 22.9. The molecule has 11 heteroatoms. The number of sulfonamides is 1. The van der Waals surface area contributed by atoms with Crippen molar-refractivity contribution in [1.82, 2.24) is 8.87 Å².